The first-order valence-electron chi connectivity index (χ1n) is 5.19. The van der Waals surface area contributed by atoms with Crippen LogP contribution in [0.3, 0.4) is 0 Å². The minimum Gasteiger partial charge on any atom is -0.351 e. The molecule has 0 saturated heterocycles. The summed E-state index contributed by atoms with van der Waals surface area (Å²) in [6.45, 7) is 9.81. The highest BCUT2D eigenvalue weighted by Crippen LogP contribution is 2.26. The van der Waals surface area contributed by atoms with Crippen molar-refractivity contribution >= 4 is 29.0 Å². The summed E-state index contributed by atoms with van der Waals surface area (Å²) in [5.74, 6) is 0.0605. The summed E-state index contributed by atoms with van der Waals surface area (Å²) in [5, 5.41) is 4.85. The van der Waals surface area contributed by atoms with Crippen molar-refractivity contribution in [3.8, 4) is 0 Å². The number of amides is 1. The lowest BCUT2D eigenvalue weighted by atomic mass is 10.1. The smallest absolute Gasteiger partial charge is 0.233 e. The number of thioether (sulfide) groups is 1. The lowest BCUT2D eigenvalue weighted by Crippen LogP contribution is -2.44. The quantitative estimate of drug-likeness (QED) is 0.848. The number of nitrogens with zero attached hydrogens (tertiary/aromatic N) is 1. The first-order valence-corrected chi connectivity index (χ1v) is 6.94. The second-order valence-corrected chi connectivity index (χ2v) is 7.20. The second-order valence-electron chi connectivity index (χ2n) is 4.75. The van der Waals surface area contributed by atoms with E-state index in [0.717, 1.165) is 10.0 Å². The van der Waals surface area contributed by atoms with E-state index in [1.165, 1.54) is 11.8 Å². The van der Waals surface area contributed by atoms with Crippen LogP contribution in [0.4, 0.5) is 0 Å². The van der Waals surface area contributed by atoms with Crippen LogP contribution in [0.5, 0.6) is 0 Å². The predicted molar refractivity (Wildman–Crippen MR) is 70.1 cm³/mol. The van der Waals surface area contributed by atoms with Crippen LogP contribution in [0.25, 0.3) is 0 Å². The second kappa shape index (κ2) is 5.19. The molecule has 1 aromatic heterocycles. The van der Waals surface area contributed by atoms with Gasteiger partial charge < -0.3 is 5.32 Å². The predicted octanol–water partition coefficient (Wildman–Crippen LogP) is 2.85. The van der Waals surface area contributed by atoms with Crippen molar-refractivity contribution in [2.24, 2.45) is 0 Å². The normalized spacial score (nSPS) is 13.6. The van der Waals surface area contributed by atoms with Gasteiger partial charge in [0.2, 0.25) is 5.91 Å². The summed E-state index contributed by atoms with van der Waals surface area (Å²) in [6, 6.07) is 0. The Kier molecular flexibility index (Phi) is 4.38. The Hall–Kier alpha value is -0.550. The first-order chi connectivity index (χ1) is 7.28. The Morgan fingerprint density at radius 3 is 2.62 bits per heavy atom. The van der Waals surface area contributed by atoms with Gasteiger partial charge in [0.05, 0.1) is 5.25 Å². The van der Waals surface area contributed by atoms with Gasteiger partial charge in [-0.2, -0.15) is 0 Å². The third kappa shape index (κ3) is 4.53. The van der Waals surface area contributed by atoms with Gasteiger partial charge >= 0.3 is 0 Å². The molecule has 0 saturated carbocycles. The lowest BCUT2D eigenvalue weighted by Gasteiger charge is -2.22. The molecule has 1 N–H and O–H groups in total. The Morgan fingerprint density at radius 2 is 2.19 bits per heavy atom. The molecule has 0 fully saturated rings. The van der Waals surface area contributed by atoms with Gasteiger partial charge in [-0.15, -0.1) is 11.3 Å². The van der Waals surface area contributed by atoms with Crippen molar-refractivity contribution in [2.75, 3.05) is 0 Å². The highest BCUT2D eigenvalue weighted by molar-refractivity contribution is 8.02. The number of nitrogens with one attached hydrogen (secondary N) is 1. The summed E-state index contributed by atoms with van der Waals surface area (Å²) in [4.78, 5) is 16.1. The molecule has 16 heavy (non-hydrogen) atoms. The summed E-state index contributed by atoms with van der Waals surface area (Å²) in [6.07, 6.45) is 0. The van der Waals surface area contributed by atoms with Crippen molar-refractivity contribution in [2.45, 2.75) is 49.7 Å². The van der Waals surface area contributed by atoms with Gasteiger partial charge in [-0.1, -0.05) is 11.8 Å². The number of rotatable bonds is 3. The molecule has 1 heterocycles. The SMILES string of the molecule is Cc1csc(S[C@H](C)C(=O)NC(C)(C)C)n1. The zero-order chi connectivity index (χ0) is 12.3. The van der Waals surface area contributed by atoms with E-state index < -0.39 is 0 Å². The average Bonchev–Trinajstić information content (AvgIpc) is 2.48. The maximum atomic E-state index is 11.8. The zero-order valence-electron chi connectivity index (χ0n) is 10.3. The van der Waals surface area contributed by atoms with Crippen LogP contribution in [0.2, 0.25) is 0 Å². The summed E-state index contributed by atoms with van der Waals surface area (Å²) >= 11 is 3.09. The summed E-state index contributed by atoms with van der Waals surface area (Å²) in [7, 11) is 0. The third-order valence-corrected chi connectivity index (χ3v) is 3.93. The molecule has 1 amide bonds. The highest BCUT2D eigenvalue weighted by Gasteiger charge is 2.20. The van der Waals surface area contributed by atoms with E-state index >= 15 is 0 Å². The van der Waals surface area contributed by atoms with Gasteiger partial charge in [0.15, 0.2) is 4.34 Å². The molecule has 0 aliphatic rings. The Balaban J connectivity index is 2.52. The Bertz CT molecular complexity index is 368. The fourth-order valence-electron chi connectivity index (χ4n) is 1.06. The van der Waals surface area contributed by atoms with Crippen LogP contribution in [0.1, 0.15) is 33.4 Å². The van der Waals surface area contributed by atoms with Crippen molar-refractivity contribution in [1.82, 2.24) is 10.3 Å². The molecule has 90 valence electrons. The molecule has 0 spiro atoms. The van der Waals surface area contributed by atoms with E-state index in [-0.39, 0.29) is 16.7 Å². The number of aromatic nitrogens is 1. The number of aryl methyl sites for hydroxylation is 1. The van der Waals surface area contributed by atoms with Crippen molar-refractivity contribution < 1.29 is 4.79 Å². The molecule has 0 aliphatic carbocycles. The molecule has 1 rings (SSSR count). The molecule has 0 radical (unpaired) electrons. The first kappa shape index (κ1) is 13.5. The molecule has 1 aromatic rings. The molecule has 0 unspecified atom stereocenters. The minimum absolute atomic E-state index is 0.0605. The fourth-order valence-corrected chi connectivity index (χ4v) is 3.05. The molecule has 0 bridgehead atoms. The van der Waals surface area contributed by atoms with Gasteiger partial charge in [-0.05, 0) is 34.6 Å². The van der Waals surface area contributed by atoms with Crippen LogP contribution < -0.4 is 5.32 Å². The highest BCUT2D eigenvalue weighted by atomic mass is 32.2. The zero-order valence-corrected chi connectivity index (χ0v) is 12.0. The molecule has 0 aromatic carbocycles. The standard InChI is InChI=1S/C11H18N2OS2/c1-7-6-15-10(12-7)16-8(2)9(14)13-11(3,4)5/h6,8H,1-5H3,(H,13,14)/t8-/m1/s1. The van der Waals surface area contributed by atoms with Crippen molar-refractivity contribution in [3.63, 3.8) is 0 Å². The fraction of sp³-hybridized carbons (Fsp3) is 0.636. The van der Waals surface area contributed by atoms with Gasteiger partial charge in [0, 0.05) is 16.6 Å². The average molecular weight is 258 g/mol. The Morgan fingerprint density at radius 1 is 1.56 bits per heavy atom. The molecule has 3 nitrogen and oxygen atoms in total. The van der Waals surface area contributed by atoms with Crippen LogP contribution >= 0.6 is 23.1 Å². The van der Waals surface area contributed by atoms with Gasteiger partial charge in [-0.25, -0.2) is 4.98 Å². The molecule has 0 aliphatic heterocycles. The number of hydrogen-bond acceptors (Lipinski definition) is 4. The molecular weight excluding hydrogens is 240 g/mol. The Labute approximate surface area is 105 Å². The number of carbonyl (C=O) groups is 1. The largest absolute Gasteiger partial charge is 0.351 e. The minimum atomic E-state index is -0.176. The van der Waals surface area contributed by atoms with E-state index in [9.17, 15) is 4.79 Å². The van der Waals surface area contributed by atoms with E-state index in [0.29, 0.717) is 0 Å². The van der Waals surface area contributed by atoms with E-state index in [1.807, 2.05) is 40.0 Å². The number of hydrogen-bond donors (Lipinski definition) is 1. The van der Waals surface area contributed by atoms with E-state index in [2.05, 4.69) is 10.3 Å². The van der Waals surface area contributed by atoms with Gasteiger partial charge in [0.1, 0.15) is 0 Å². The molecular formula is C11H18N2OS2. The van der Waals surface area contributed by atoms with E-state index in [1.54, 1.807) is 11.3 Å². The van der Waals surface area contributed by atoms with Crippen LogP contribution in [-0.4, -0.2) is 21.7 Å². The van der Waals surface area contributed by atoms with Gasteiger partial charge in [-0.3, -0.25) is 4.79 Å². The van der Waals surface area contributed by atoms with Crippen LogP contribution in [0, 0.1) is 6.92 Å². The summed E-state index contributed by atoms with van der Waals surface area (Å²) < 4.78 is 0.953. The van der Waals surface area contributed by atoms with E-state index in [4.69, 9.17) is 0 Å². The summed E-state index contributed by atoms with van der Waals surface area (Å²) in [5.41, 5.74) is 0.834. The maximum Gasteiger partial charge on any atom is 0.233 e. The lowest BCUT2D eigenvalue weighted by molar-refractivity contribution is -0.121. The number of carbonyl (C=O) groups excluding carboxylic acids is 1. The maximum absolute atomic E-state index is 11.8. The topological polar surface area (TPSA) is 42.0 Å². The third-order valence-electron chi connectivity index (χ3n) is 1.74. The van der Waals surface area contributed by atoms with Crippen molar-refractivity contribution in [1.29, 1.82) is 0 Å². The van der Waals surface area contributed by atoms with Gasteiger partial charge in [0.25, 0.3) is 0 Å². The number of thiazole rings is 1. The molecule has 1 atom stereocenters. The van der Waals surface area contributed by atoms with Crippen molar-refractivity contribution in [3.05, 3.63) is 11.1 Å². The molecule has 5 heteroatoms. The van der Waals surface area contributed by atoms with Crippen LogP contribution in [-0.2, 0) is 4.79 Å². The monoisotopic (exact) mass is 258 g/mol. The van der Waals surface area contributed by atoms with Crippen LogP contribution in [0.15, 0.2) is 9.72 Å².